The van der Waals surface area contributed by atoms with Gasteiger partial charge in [0.15, 0.2) is 11.7 Å². The van der Waals surface area contributed by atoms with Crippen LogP contribution in [0.5, 0.6) is 5.75 Å². The van der Waals surface area contributed by atoms with Gasteiger partial charge in [0.25, 0.3) is 5.91 Å². The summed E-state index contributed by atoms with van der Waals surface area (Å²) in [7, 11) is 0. The second-order valence-electron chi connectivity index (χ2n) is 6.19. The Hall–Kier alpha value is -2.74. The molecule has 0 bridgehead atoms. The number of piperazine rings is 1. The maximum atomic E-state index is 13.8. The van der Waals surface area contributed by atoms with Crippen molar-refractivity contribution >= 4 is 32.6 Å². The molecular weight excluding hydrogens is 372 g/mol. The lowest BCUT2D eigenvalue weighted by atomic mass is 10.3. The minimum atomic E-state index is -0.348. The smallest absolute Gasteiger partial charge is 0.260 e. The van der Waals surface area contributed by atoms with Crippen molar-refractivity contribution in [1.29, 1.82) is 0 Å². The zero-order chi connectivity index (χ0) is 18.8. The number of carbonyl (C=O) groups excluding carboxylic acids is 1. The third-order valence-corrected chi connectivity index (χ3v) is 5.52. The minimum absolute atomic E-state index is 0.0853. The topological polar surface area (TPSA) is 45.7 Å². The molecule has 1 amide bonds. The number of aromatic nitrogens is 1. The Balaban J connectivity index is 1.33. The fourth-order valence-electron chi connectivity index (χ4n) is 2.95. The predicted molar refractivity (Wildman–Crippen MR) is 100 cm³/mol. The summed E-state index contributed by atoms with van der Waals surface area (Å²) in [4.78, 5) is 20.5. The number of carbonyl (C=O) groups is 1. The Labute approximate surface area is 158 Å². The largest absolute Gasteiger partial charge is 0.484 e. The van der Waals surface area contributed by atoms with E-state index in [0.717, 1.165) is 9.83 Å². The van der Waals surface area contributed by atoms with Gasteiger partial charge in [0.1, 0.15) is 22.9 Å². The average Bonchev–Trinajstić information content (AvgIpc) is 3.13. The van der Waals surface area contributed by atoms with Gasteiger partial charge in [0.2, 0.25) is 0 Å². The molecule has 8 heteroatoms. The number of hydrogen-bond donors (Lipinski definition) is 0. The predicted octanol–water partition coefficient (Wildman–Crippen LogP) is 3.30. The van der Waals surface area contributed by atoms with Gasteiger partial charge < -0.3 is 14.5 Å². The first-order valence-corrected chi connectivity index (χ1v) is 9.38. The molecule has 0 unspecified atom stereocenters. The van der Waals surface area contributed by atoms with Crippen molar-refractivity contribution in [3.8, 4) is 5.75 Å². The van der Waals surface area contributed by atoms with E-state index in [2.05, 4.69) is 9.88 Å². The monoisotopic (exact) mass is 389 g/mol. The maximum Gasteiger partial charge on any atom is 0.260 e. The van der Waals surface area contributed by atoms with E-state index in [-0.39, 0.29) is 24.1 Å². The highest BCUT2D eigenvalue weighted by Crippen LogP contribution is 2.30. The van der Waals surface area contributed by atoms with E-state index in [0.29, 0.717) is 37.4 Å². The van der Waals surface area contributed by atoms with E-state index in [1.54, 1.807) is 11.0 Å². The molecule has 1 aromatic heterocycles. The van der Waals surface area contributed by atoms with Crippen LogP contribution < -0.4 is 9.64 Å². The van der Waals surface area contributed by atoms with E-state index in [4.69, 9.17) is 4.74 Å². The van der Waals surface area contributed by atoms with Crippen LogP contribution in [0.2, 0.25) is 0 Å². The van der Waals surface area contributed by atoms with Gasteiger partial charge in [-0.15, -0.1) is 0 Å². The Kier molecular flexibility index (Phi) is 4.89. The van der Waals surface area contributed by atoms with E-state index in [1.807, 2.05) is 6.07 Å². The quantitative estimate of drug-likeness (QED) is 0.687. The molecule has 0 N–H and O–H groups in total. The molecule has 0 spiro atoms. The average molecular weight is 389 g/mol. The van der Waals surface area contributed by atoms with E-state index in [1.165, 1.54) is 41.7 Å². The first-order chi connectivity index (χ1) is 13.1. The van der Waals surface area contributed by atoms with Gasteiger partial charge in [-0.2, -0.15) is 0 Å². The summed E-state index contributed by atoms with van der Waals surface area (Å²) in [5.74, 6) is -0.324. The fraction of sp³-hybridized carbons (Fsp3) is 0.263. The molecule has 1 aliphatic rings. The molecule has 2 aromatic carbocycles. The maximum absolute atomic E-state index is 13.8. The number of ether oxygens (including phenoxy) is 1. The molecule has 4 rings (SSSR count). The second-order valence-corrected chi connectivity index (χ2v) is 7.20. The third kappa shape index (κ3) is 3.85. The minimum Gasteiger partial charge on any atom is -0.484 e. The van der Waals surface area contributed by atoms with Crippen LogP contribution in [-0.4, -0.2) is 48.6 Å². The fourth-order valence-corrected chi connectivity index (χ4v) is 3.98. The van der Waals surface area contributed by atoms with E-state index in [9.17, 15) is 13.6 Å². The Morgan fingerprint density at radius 3 is 2.52 bits per heavy atom. The SMILES string of the molecule is O=C(COc1ccc(F)cc1)N1CCN(c2nc3c(F)cccc3s2)CC1. The Bertz CT molecular complexity index is 953. The number of nitrogens with zero attached hydrogens (tertiary/aromatic N) is 3. The number of amides is 1. The summed E-state index contributed by atoms with van der Waals surface area (Å²) >= 11 is 1.45. The summed E-state index contributed by atoms with van der Waals surface area (Å²) in [6, 6.07) is 10.5. The number of fused-ring (bicyclic) bond motifs is 1. The number of benzene rings is 2. The summed E-state index contributed by atoms with van der Waals surface area (Å²) in [5.41, 5.74) is 0.392. The number of halogens is 2. The Morgan fingerprint density at radius 2 is 1.81 bits per heavy atom. The van der Waals surface area contributed by atoms with Crippen molar-refractivity contribution in [1.82, 2.24) is 9.88 Å². The lowest BCUT2D eigenvalue weighted by molar-refractivity contribution is -0.133. The van der Waals surface area contributed by atoms with Crippen molar-refractivity contribution in [3.63, 3.8) is 0 Å². The molecular formula is C19H17F2N3O2S. The van der Waals surface area contributed by atoms with Crippen LogP contribution in [-0.2, 0) is 4.79 Å². The van der Waals surface area contributed by atoms with Gasteiger partial charge in [0, 0.05) is 26.2 Å². The van der Waals surface area contributed by atoms with Gasteiger partial charge in [-0.3, -0.25) is 4.79 Å². The summed E-state index contributed by atoms with van der Waals surface area (Å²) in [6.45, 7) is 2.26. The van der Waals surface area contributed by atoms with Crippen molar-refractivity contribution in [2.45, 2.75) is 0 Å². The van der Waals surface area contributed by atoms with Crippen molar-refractivity contribution < 1.29 is 18.3 Å². The molecule has 27 heavy (non-hydrogen) atoms. The van der Waals surface area contributed by atoms with Gasteiger partial charge >= 0.3 is 0 Å². The first kappa shape index (κ1) is 17.7. The van der Waals surface area contributed by atoms with Gasteiger partial charge in [-0.05, 0) is 36.4 Å². The number of para-hydroxylation sites is 1. The molecule has 0 saturated carbocycles. The highest BCUT2D eigenvalue weighted by atomic mass is 32.1. The molecule has 0 atom stereocenters. The van der Waals surface area contributed by atoms with Crippen LogP contribution in [0.4, 0.5) is 13.9 Å². The van der Waals surface area contributed by atoms with Crippen molar-refractivity contribution in [2.24, 2.45) is 0 Å². The van der Waals surface area contributed by atoms with E-state index < -0.39 is 0 Å². The van der Waals surface area contributed by atoms with Crippen molar-refractivity contribution in [3.05, 3.63) is 54.1 Å². The highest BCUT2D eigenvalue weighted by Gasteiger charge is 2.23. The highest BCUT2D eigenvalue weighted by molar-refractivity contribution is 7.22. The third-order valence-electron chi connectivity index (χ3n) is 4.44. The summed E-state index contributed by atoms with van der Waals surface area (Å²) in [5, 5.41) is 0.768. The van der Waals surface area contributed by atoms with Crippen LogP contribution in [0.3, 0.4) is 0 Å². The van der Waals surface area contributed by atoms with Gasteiger partial charge in [-0.25, -0.2) is 13.8 Å². The number of rotatable bonds is 4. The molecule has 0 radical (unpaired) electrons. The zero-order valence-electron chi connectivity index (χ0n) is 14.4. The zero-order valence-corrected chi connectivity index (χ0v) is 15.2. The summed E-state index contributed by atoms with van der Waals surface area (Å²) < 4.78 is 32.9. The lowest BCUT2D eigenvalue weighted by Crippen LogP contribution is -2.50. The molecule has 5 nitrogen and oxygen atoms in total. The first-order valence-electron chi connectivity index (χ1n) is 8.56. The molecule has 1 saturated heterocycles. The number of hydrogen-bond acceptors (Lipinski definition) is 5. The molecule has 0 aliphatic carbocycles. The molecule has 140 valence electrons. The van der Waals surface area contributed by atoms with Gasteiger partial charge in [0.05, 0.1) is 4.70 Å². The van der Waals surface area contributed by atoms with Gasteiger partial charge in [-0.1, -0.05) is 17.4 Å². The van der Waals surface area contributed by atoms with Crippen LogP contribution in [0.15, 0.2) is 42.5 Å². The van der Waals surface area contributed by atoms with Crippen LogP contribution >= 0.6 is 11.3 Å². The molecule has 3 aromatic rings. The lowest BCUT2D eigenvalue weighted by Gasteiger charge is -2.34. The number of thiazole rings is 1. The Morgan fingerprint density at radius 1 is 1.07 bits per heavy atom. The second kappa shape index (κ2) is 7.48. The molecule has 2 heterocycles. The van der Waals surface area contributed by atoms with Crippen LogP contribution in [0, 0.1) is 11.6 Å². The van der Waals surface area contributed by atoms with Crippen LogP contribution in [0.1, 0.15) is 0 Å². The van der Waals surface area contributed by atoms with E-state index >= 15 is 0 Å². The molecule has 1 aliphatic heterocycles. The van der Waals surface area contributed by atoms with Crippen molar-refractivity contribution in [2.75, 3.05) is 37.7 Å². The normalized spacial score (nSPS) is 14.6. The van der Waals surface area contributed by atoms with Crippen LogP contribution in [0.25, 0.3) is 10.2 Å². The summed E-state index contributed by atoms with van der Waals surface area (Å²) in [6.07, 6.45) is 0. The molecule has 1 fully saturated rings. The number of anilines is 1. The standard InChI is InChI=1S/C19H17F2N3O2S/c20-13-4-6-14(7-5-13)26-12-17(25)23-8-10-24(11-9-23)19-22-18-15(21)2-1-3-16(18)27-19/h1-7H,8-12H2.